The second-order valence-electron chi connectivity index (χ2n) is 5.02. The van der Waals surface area contributed by atoms with E-state index in [1.54, 1.807) is 7.11 Å². The summed E-state index contributed by atoms with van der Waals surface area (Å²) in [5.74, 6) is 0.901. The van der Waals surface area contributed by atoms with Gasteiger partial charge in [0.2, 0.25) is 0 Å². The van der Waals surface area contributed by atoms with E-state index in [0.717, 1.165) is 38.0 Å². The molecule has 1 aromatic rings. The van der Waals surface area contributed by atoms with Crippen molar-refractivity contribution in [2.24, 2.45) is 5.73 Å². The van der Waals surface area contributed by atoms with E-state index in [2.05, 4.69) is 12.1 Å². The molecule has 1 saturated carbocycles. The van der Waals surface area contributed by atoms with Gasteiger partial charge in [-0.15, -0.1) is 0 Å². The Morgan fingerprint density at radius 3 is 2.67 bits per heavy atom. The third kappa shape index (κ3) is 4.00. The summed E-state index contributed by atoms with van der Waals surface area (Å²) in [5.41, 5.74) is 7.23. The van der Waals surface area contributed by atoms with Crippen molar-refractivity contribution >= 4 is 0 Å². The van der Waals surface area contributed by atoms with E-state index >= 15 is 0 Å². The molecule has 1 aromatic carbocycles. The molecular formula is C15H23NO2. The van der Waals surface area contributed by atoms with E-state index in [-0.39, 0.29) is 0 Å². The van der Waals surface area contributed by atoms with Crippen LogP contribution in [0.25, 0.3) is 0 Å². The molecule has 100 valence electrons. The van der Waals surface area contributed by atoms with Crippen LogP contribution in [0.2, 0.25) is 0 Å². The minimum absolute atomic E-state index is 0.338. The van der Waals surface area contributed by atoms with Gasteiger partial charge in [0.15, 0.2) is 0 Å². The zero-order valence-electron chi connectivity index (χ0n) is 11.1. The summed E-state index contributed by atoms with van der Waals surface area (Å²) in [4.78, 5) is 0. The highest BCUT2D eigenvalue weighted by molar-refractivity contribution is 5.27. The van der Waals surface area contributed by atoms with Gasteiger partial charge >= 0.3 is 0 Å². The maximum absolute atomic E-state index is 5.95. The van der Waals surface area contributed by atoms with Crippen molar-refractivity contribution in [2.75, 3.05) is 13.7 Å². The smallest absolute Gasteiger partial charge is 0.118 e. The average Bonchev–Trinajstić information content (AvgIpc) is 2.40. The maximum atomic E-state index is 5.95. The number of nitrogens with two attached hydrogens (primary N) is 1. The minimum atomic E-state index is 0.338. The summed E-state index contributed by atoms with van der Waals surface area (Å²) in [5, 5.41) is 0. The van der Waals surface area contributed by atoms with E-state index < -0.39 is 0 Å². The van der Waals surface area contributed by atoms with Gasteiger partial charge in [-0.05, 0) is 49.8 Å². The lowest BCUT2D eigenvalue weighted by atomic mass is 9.93. The van der Waals surface area contributed by atoms with Gasteiger partial charge in [0, 0.05) is 6.04 Å². The molecule has 0 bridgehead atoms. The van der Waals surface area contributed by atoms with Gasteiger partial charge in [0.1, 0.15) is 5.75 Å². The molecule has 1 aliphatic carbocycles. The van der Waals surface area contributed by atoms with Crippen molar-refractivity contribution in [3.8, 4) is 5.75 Å². The number of methoxy groups -OCH3 is 1. The van der Waals surface area contributed by atoms with E-state index in [1.165, 1.54) is 12.0 Å². The molecular weight excluding hydrogens is 226 g/mol. The molecule has 3 heteroatoms. The van der Waals surface area contributed by atoms with Gasteiger partial charge in [-0.1, -0.05) is 12.1 Å². The third-order valence-corrected chi connectivity index (χ3v) is 3.57. The number of hydrogen-bond acceptors (Lipinski definition) is 3. The van der Waals surface area contributed by atoms with E-state index in [0.29, 0.717) is 12.1 Å². The molecule has 18 heavy (non-hydrogen) atoms. The van der Waals surface area contributed by atoms with Gasteiger partial charge < -0.3 is 15.2 Å². The molecule has 0 spiro atoms. The molecule has 2 N–H and O–H groups in total. The molecule has 0 aliphatic heterocycles. The third-order valence-electron chi connectivity index (χ3n) is 3.57. The summed E-state index contributed by atoms with van der Waals surface area (Å²) in [6, 6.07) is 8.51. The van der Waals surface area contributed by atoms with Crippen LogP contribution in [-0.2, 0) is 11.2 Å². The van der Waals surface area contributed by atoms with Crippen molar-refractivity contribution in [3.05, 3.63) is 29.8 Å². The second-order valence-corrected chi connectivity index (χ2v) is 5.02. The zero-order valence-corrected chi connectivity index (χ0v) is 11.1. The average molecular weight is 249 g/mol. The predicted molar refractivity (Wildman–Crippen MR) is 72.9 cm³/mol. The Morgan fingerprint density at radius 2 is 2.00 bits per heavy atom. The Labute approximate surface area is 109 Å². The lowest BCUT2D eigenvalue weighted by Gasteiger charge is -2.26. The SMILES string of the molecule is COc1ccc(CCOC2CCCC(N)C2)cc1. The first-order chi connectivity index (χ1) is 8.78. The first-order valence-corrected chi connectivity index (χ1v) is 6.78. The number of hydrogen-bond donors (Lipinski definition) is 1. The number of ether oxygens (including phenoxy) is 2. The fraction of sp³-hybridized carbons (Fsp3) is 0.600. The standard InChI is InChI=1S/C15H23NO2/c1-17-14-7-5-12(6-8-14)9-10-18-15-4-2-3-13(16)11-15/h5-8,13,15H,2-4,9-11,16H2,1H3. The highest BCUT2D eigenvalue weighted by atomic mass is 16.5. The van der Waals surface area contributed by atoms with Crippen LogP contribution in [0.4, 0.5) is 0 Å². The van der Waals surface area contributed by atoms with Gasteiger partial charge in [-0.2, -0.15) is 0 Å². The first kappa shape index (κ1) is 13.4. The highest BCUT2D eigenvalue weighted by Gasteiger charge is 2.19. The van der Waals surface area contributed by atoms with Gasteiger partial charge in [0.05, 0.1) is 19.8 Å². The number of rotatable bonds is 5. The Hall–Kier alpha value is -1.06. The largest absolute Gasteiger partial charge is 0.497 e. The molecule has 0 heterocycles. The minimum Gasteiger partial charge on any atom is -0.497 e. The molecule has 0 amide bonds. The number of benzene rings is 1. The van der Waals surface area contributed by atoms with Gasteiger partial charge in [0.25, 0.3) is 0 Å². The second kappa shape index (κ2) is 6.76. The lowest BCUT2D eigenvalue weighted by Crippen LogP contribution is -2.32. The topological polar surface area (TPSA) is 44.5 Å². The van der Waals surface area contributed by atoms with Crippen molar-refractivity contribution in [3.63, 3.8) is 0 Å². The lowest BCUT2D eigenvalue weighted by molar-refractivity contribution is 0.0254. The van der Waals surface area contributed by atoms with E-state index in [1.807, 2.05) is 12.1 Å². The monoisotopic (exact) mass is 249 g/mol. The Bertz CT molecular complexity index is 350. The summed E-state index contributed by atoms with van der Waals surface area (Å²) >= 11 is 0. The van der Waals surface area contributed by atoms with Crippen LogP contribution in [0, 0.1) is 0 Å². The molecule has 0 radical (unpaired) electrons. The Kier molecular flexibility index (Phi) is 5.02. The van der Waals surface area contributed by atoms with Crippen LogP contribution in [0.3, 0.4) is 0 Å². The van der Waals surface area contributed by atoms with Crippen molar-refractivity contribution in [1.29, 1.82) is 0 Å². The summed E-state index contributed by atoms with van der Waals surface area (Å²) in [7, 11) is 1.68. The van der Waals surface area contributed by atoms with Crippen LogP contribution in [-0.4, -0.2) is 25.9 Å². The normalized spacial score (nSPS) is 23.9. The van der Waals surface area contributed by atoms with Crippen molar-refractivity contribution in [2.45, 2.75) is 44.2 Å². The molecule has 2 atom stereocenters. The summed E-state index contributed by atoms with van der Waals surface area (Å²) < 4.78 is 11.0. The van der Waals surface area contributed by atoms with Crippen LogP contribution in [0.1, 0.15) is 31.2 Å². The van der Waals surface area contributed by atoms with E-state index in [4.69, 9.17) is 15.2 Å². The molecule has 0 aromatic heterocycles. The van der Waals surface area contributed by atoms with Crippen molar-refractivity contribution < 1.29 is 9.47 Å². The molecule has 1 aliphatic rings. The molecule has 2 unspecified atom stereocenters. The van der Waals surface area contributed by atoms with Crippen LogP contribution in [0.15, 0.2) is 24.3 Å². The summed E-state index contributed by atoms with van der Waals surface area (Å²) in [6.07, 6.45) is 5.86. The molecule has 3 nitrogen and oxygen atoms in total. The highest BCUT2D eigenvalue weighted by Crippen LogP contribution is 2.20. The zero-order chi connectivity index (χ0) is 12.8. The van der Waals surface area contributed by atoms with Crippen LogP contribution >= 0.6 is 0 Å². The Balaban J connectivity index is 1.70. The fourth-order valence-corrected chi connectivity index (χ4v) is 2.47. The van der Waals surface area contributed by atoms with Gasteiger partial charge in [-0.3, -0.25) is 0 Å². The maximum Gasteiger partial charge on any atom is 0.118 e. The molecule has 0 saturated heterocycles. The van der Waals surface area contributed by atoms with Crippen LogP contribution < -0.4 is 10.5 Å². The fourth-order valence-electron chi connectivity index (χ4n) is 2.47. The predicted octanol–water partition coefficient (Wildman–Crippen LogP) is 2.52. The van der Waals surface area contributed by atoms with Gasteiger partial charge in [-0.25, -0.2) is 0 Å². The Morgan fingerprint density at radius 1 is 1.22 bits per heavy atom. The van der Waals surface area contributed by atoms with E-state index in [9.17, 15) is 0 Å². The first-order valence-electron chi connectivity index (χ1n) is 6.78. The summed E-state index contributed by atoms with van der Waals surface area (Å²) in [6.45, 7) is 0.781. The molecule has 2 rings (SSSR count). The van der Waals surface area contributed by atoms with Crippen molar-refractivity contribution in [1.82, 2.24) is 0 Å². The quantitative estimate of drug-likeness (QED) is 0.872. The van der Waals surface area contributed by atoms with Crippen LogP contribution in [0.5, 0.6) is 5.75 Å². The molecule has 1 fully saturated rings.